The number of anilines is 1. The maximum Gasteiger partial charge on any atom is 0.319 e. The highest BCUT2D eigenvalue weighted by Gasteiger charge is 2.12. The predicted octanol–water partition coefficient (Wildman–Crippen LogP) is 5.96. The number of aryl methyl sites for hydroxylation is 1. The molecule has 0 heterocycles. The van der Waals surface area contributed by atoms with Crippen molar-refractivity contribution < 1.29 is 4.79 Å². The number of amides is 2. The molecule has 3 nitrogen and oxygen atoms in total. The maximum absolute atomic E-state index is 12.2. The molecule has 2 aromatic carbocycles. The first-order chi connectivity index (χ1) is 11.6. The van der Waals surface area contributed by atoms with Crippen LogP contribution in [0, 0.1) is 0 Å². The van der Waals surface area contributed by atoms with Gasteiger partial charge in [0, 0.05) is 10.7 Å². The fraction of sp³-hybridized carbons (Fsp3) is 0.350. The van der Waals surface area contributed by atoms with Gasteiger partial charge in [0.05, 0.1) is 6.04 Å². The first-order valence-electron chi connectivity index (χ1n) is 8.54. The van der Waals surface area contributed by atoms with Crippen LogP contribution in [0.4, 0.5) is 10.5 Å². The van der Waals surface area contributed by atoms with Gasteiger partial charge in [0.25, 0.3) is 0 Å². The monoisotopic (exact) mass is 344 g/mol. The molecule has 0 unspecified atom stereocenters. The zero-order valence-electron chi connectivity index (χ0n) is 14.3. The molecule has 4 heteroatoms. The summed E-state index contributed by atoms with van der Waals surface area (Å²) in [5.41, 5.74) is 3.15. The summed E-state index contributed by atoms with van der Waals surface area (Å²) >= 11 is 5.92. The van der Waals surface area contributed by atoms with Crippen molar-refractivity contribution in [1.82, 2.24) is 5.32 Å². The van der Waals surface area contributed by atoms with Crippen molar-refractivity contribution in [3.05, 3.63) is 64.7 Å². The number of nitrogens with one attached hydrogen (secondary N) is 2. The van der Waals surface area contributed by atoms with E-state index in [1.165, 1.54) is 18.4 Å². The van der Waals surface area contributed by atoms with Crippen LogP contribution in [0.3, 0.4) is 0 Å². The van der Waals surface area contributed by atoms with Crippen molar-refractivity contribution in [2.75, 3.05) is 5.32 Å². The van der Waals surface area contributed by atoms with E-state index in [2.05, 4.69) is 29.7 Å². The van der Waals surface area contributed by atoms with Crippen LogP contribution in [-0.2, 0) is 6.42 Å². The van der Waals surface area contributed by atoms with Crippen LogP contribution < -0.4 is 10.6 Å². The van der Waals surface area contributed by atoms with E-state index in [1.54, 1.807) is 0 Å². The summed E-state index contributed by atoms with van der Waals surface area (Å²) < 4.78 is 0. The second-order valence-corrected chi connectivity index (χ2v) is 6.35. The predicted molar refractivity (Wildman–Crippen MR) is 102 cm³/mol. The Kier molecular flexibility index (Phi) is 7.13. The smallest absolute Gasteiger partial charge is 0.319 e. The normalized spacial score (nSPS) is 11.8. The van der Waals surface area contributed by atoms with E-state index in [1.807, 2.05) is 43.3 Å². The third-order valence-electron chi connectivity index (χ3n) is 4.02. The van der Waals surface area contributed by atoms with Crippen LogP contribution in [-0.4, -0.2) is 6.03 Å². The Bertz CT molecular complexity index is 638. The second kappa shape index (κ2) is 9.33. The van der Waals surface area contributed by atoms with E-state index in [-0.39, 0.29) is 12.1 Å². The molecule has 0 spiro atoms. The number of carbonyl (C=O) groups is 1. The van der Waals surface area contributed by atoms with Gasteiger partial charge in [0.2, 0.25) is 0 Å². The average molecular weight is 345 g/mol. The maximum atomic E-state index is 12.2. The zero-order valence-corrected chi connectivity index (χ0v) is 15.1. The summed E-state index contributed by atoms with van der Waals surface area (Å²) in [6.45, 7) is 4.23. The Labute approximate surface area is 149 Å². The van der Waals surface area contributed by atoms with Crippen molar-refractivity contribution in [2.45, 2.75) is 45.6 Å². The molecule has 0 radical (unpaired) electrons. The van der Waals surface area contributed by atoms with Crippen molar-refractivity contribution in [3.8, 4) is 0 Å². The molecule has 0 aliphatic rings. The third-order valence-corrected chi connectivity index (χ3v) is 4.27. The summed E-state index contributed by atoms with van der Waals surface area (Å²) in [7, 11) is 0. The van der Waals surface area contributed by atoms with Crippen molar-refractivity contribution in [2.24, 2.45) is 0 Å². The highest BCUT2D eigenvalue weighted by molar-refractivity contribution is 6.30. The van der Waals surface area contributed by atoms with Gasteiger partial charge in [0.15, 0.2) is 0 Å². The molecular formula is C20H25ClN2O. The van der Waals surface area contributed by atoms with E-state index in [0.717, 1.165) is 24.1 Å². The Morgan fingerprint density at radius 2 is 1.71 bits per heavy atom. The lowest BCUT2D eigenvalue weighted by atomic mass is 10.1. The van der Waals surface area contributed by atoms with Gasteiger partial charge in [-0.1, -0.05) is 56.1 Å². The number of unbranched alkanes of at least 4 members (excludes halogenated alkanes) is 1. The fourth-order valence-corrected chi connectivity index (χ4v) is 2.70. The lowest BCUT2D eigenvalue weighted by Gasteiger charge is -2.18. The molecule has 0 fully saturated rings. The number of benzene rings is 2. The number of carbonyl (C=O) groups excluding carboxylic acids is 1. The Balaban J connectivity index is 1.92. The van der Waals surface area contributed by atoms with Crippen LogP contribution in [0.5, 0.6) is 0 Å². The number of halogens is 1. The van der Waals surface area contributed by atoms with Crippen LogP contribution in [0.2, 0.25) is 5.02 Å². The van der Waals surface area contributed by atoms with Crippen molar-refractivity contribution >= 4 is 23.3 Å². The fourth-order valence-electron chi connectivity index (χ4n) is 2.58. The van der Waals surface area contributed by atoms with Crippen molar-refractivity contribution in [3.63, 3.8) is 0 Å². The largest absolute Gasteiger partial charge is 0.331 e. The molecule has 0 aliphatic carbocycles. The summed E-state index contributed by atoms with van der Waals surface area (Å²) in [5, 5.41) is 6.60. The third kappa shape index (κ3) is 5.57. The Morgan fingerprint density at radius 1 is 1.04 bits per heavy atom. The number of rotatable bonds is 7. The molecule has 2 aromatic rings. The van der Waals surface area contributed by atoms with Gasteiger partial charge >= 0.3 is 6.03 Å². The molecule has 24 heavy (non-hydrogen) atoms. The lowest BCUT2D eigenvalue weighted by Crippen LogP contribution is -2.32. The molecule has 0 saturated heterocycles. The van der Waals surface area contributed by atoms with Gasteiger partial charge in [-0.05, 0) is 54.7 Å². The van der Waals surface area contributed by atoms with Gasteiger partial charge in [-0.2, -0.15) is 0 Å². The van der Waals surface area contributed by atoms with Gasteiger partial charge in [-0.15, -0.1) is 0 Å². The highest BCUT2D eigenvalue weighted by Crippen LogP contribution is 2.19. The van der Waals surface area contributed by atoms with E-state index >= 15 is 0 Å². The van der Waals surface area contributed by atoms with Gasteiger partial charge in [-0.3, -0.25) is 0 Å². The van der Waals surface area contributed by atoms with Crippen LogP contribution in [0.25, 0.3) is 0 Å². The quantitative estimate of drug-likeness (QED) is 0.639. The highest BCUT2D eigenvalue weighted by atomic mass is 35.5. The average Bonchev–Trinajstić information content (AvgIpc) is 2.60. The standard InChI is InChI=1S/C20H25ClN2O/c1-3-5-6-15-7-13-18(14-8-15)22-20(24)23-19(4-2)16-9-11-17(21)12-10-16/h7-14,19H,3-6H2,1-2H3,(H2,22,23,24)/t19-/m1/s1. The Morgan fingerprint density at radius 3 is 2.29 bits per heavy atom. The molecule has 2 rings (SSSR count). The molecular weight excluding hydrogens is 320 g/mol. The van der Waals surface area contributed by atoms with E-state index < -0.39 is 0 Å². The van der Waals surface area contributed by atoms with E-state index in [4.69, 9.17) is 11.6 Å². The van der Waals surface area contributed by atoms with Gasteiger partial charge in [-0.25, -0.2) is 4.79 Å². The number of urea groups is 1. The van der Waals surface area contributed by atoms with E-state index in [0.29, 0.717) is 5.02 Å². The molecule has 0 saturated carbocycles. The van der Waals surface area contributed by atoms with Crippen LogP contribution in [0.1, 0.15) is 50.3 Å². The SMILES string of the molecule is CCCCc1ccc(NC(=O)N[C@H](CC)c2ccc(Cl)cc2)cc1. The second-order valence-electron chi connectivity index (χ2n) is 5.91. The molecule has 0 aromatic heterocycles. The number of hydrogen-bond acceptors (Lipinski definition) is 1. The topological polar surface area (TPSA) is 41.1 Å². The summed E-state index contributed by atoms with van der Waals surface area (Å²) in [6, 6.07) is 15.4. The minimum atomic E-state index is -0.196. The molecule has 0 bridgehead atoms. The van der Waals surface area contributed by atoms with E-state index in [9.17, 15) is 4.79 Å². The Hall–Kier alpha value is -2.00. The summed E-state index contributed by atoms with van der Waals surface area (Å²) in [5.74, 6) is 0. The molecule has 0 aliphatic heterocycles. The first-order valence-corrected chi connectivity index (χ1v) is 8.92. The lowest BCUT2D eigenvalue weighted by molar-refractivity contribution is 0.248. The first kappa shape index (κ1) is 18.3. The van der Waals surface area contributed by atoms with Crippen LogP contribution in [0.15, 0.2) is 48.5 Å². The summed E-state index contributed by atoms with van der Waals surface area (Å²) in [4.78, 5) is 12.2. The molecule has 2 N–H and O–H groups in total. The molecule has 1 atom stereocenters. The molecule has 128 valence electrons. The van der Waals surface area contributed by atoms with Crippen LogP contribution >= 0.6 is 11.6 Å². The summed E-state index contributed by atoms with van der Waals surface area (Å²) in [6.07, 6.45) is 4.26. The zero-order chi connectivity index (χ0) is 17.4. The molecule has 2 amide bonds. The minimum absolute atomic E-state index is 0.0360. The minimum Gasteiger partial charge on any atom is -0.331 e. The number of hydrogen-bond donors (Lipinski definition) is 2. The van der Waals surface area contributed by atoms with Gasteiger partial charge < -0.3 is 10.6 Å². The van der Waals surface area contributed by atoms with Gasteiger partial charge in [0.1, 0.15) is 0 Å². The van der Waals surface area contributed by atoms with Crippen molar-refractivity contribution in [1.29, 1.82) is 0 Å².